The highest BCUT2D eigenvalue weighted by molar-refractivity contribution is 5.80. The zero-order chi connectivity index (χ0) is 13.1. The molecule has 1 rings (SSSR count). The first-order chi connectivity index (χ1) is 7.78. The predicted molar refractivity (Wildman–Crippen MR) is 61.5 cm³/mol. The fraction of sp³-hybridized carbons (Fsp3) is 0.545. The van der Waals surface area contributed by atoms with Gasteiger partial charge in [0.15, 0.2) is 0 Å². The minimum Gasteiger partial charge on any atom is -0.481 e. The Kier molecular flexibility index (Phi) is 3.88. The molecule has 17 heavy (non-hydrogen) atoms. The molecule has 1 heterocycles. The summed E-state index contributed by atoms with van der Waals surface area (Å²) in [5, 5.41) is 18.0. The molecular formula is C11H17N3O3. The molecule has 0 aliphatic carbocycles. The van der Waals surface area contributed by atoms with E-state index in [1.54, 1.807) is 19.9 Å². The zero-order valence-corrected chi connectivity index (χ0v) is 10.2. The molecule has 0 spiro atoms. The second-order valence-electron chi connectivity index (χ2n) is 4.72. The molecule has 0 aliphatic rings. The highest BCUT2D eigenvalue weighted by Gasteiger charge is 2.23. The molecule has 1 amide bonds. The number of H-pyrrole nitrogens is 1. The Morgan fingerprint density at radius 2 is 2.18 bits per heavy atom. The molecule has 3 N–H and O–H groups in total. The quantitative estimate of drug-likeness (QED) is 0.702. The number of aromatic amines is 1. The molecule has 1 aromatic heterocycles. The summed E-state index contributed by atoms with van der Waals surface area (Å²) in [7, 11) is 0. The van der Waals surface area contributed by atoms with E-state index in [-0.39, 0.29) is 18.7 Å². The van der Waals surface area contributed by atoms with E-state index >= 15 is 0 Å². The van der Waals surface area contributed by atoms with Crippen LogP contribution in [0.2, 0.25) is 0 Å². The summed E-state index contributed by atoms with van der Waals surface area (Å²) in [5.41, 5.74) is 0.776. The Balaban J connectivity index is 2.52. The number of aryl methyl sites for hydroxylation is 1. The number of amides is 1. The van der Waals surface area contributed by atoms with Crippen LogP contribution in [0.15, 0.2) is 6.07 Å². The monoisotopic (exact) mass is 239 g/mol. The fourth-order valence-electron chi connectivity index (χ4n) is 1.57. The van der Waals surface area contributed by atoms with E-state index in [0.717, 1.165) is 5.69 Å². The number of rotatable bonds is 5. The minimum absolute atomic E-state index is 0.113. The van der Waals surface area contributed by atoms with Crippen LogP contribution >= 0.6 is 0 Å². The van der Waals surface area contributed by atoms with Crippen molar-refractivity contribution in [3.8, 4) is 0 Å². The van der Waals surface area contributed by atoms with Crippen molar-refractivity contribution in [1.29, 1.82) is 0 Å². The third-order valence-corrected chi connectivity index (χ3v) is 2.17. The standard InChI is InChI=1S/C11H17N3O3/c1-7-4-8(14-13-7)5-9(15)12-11(2,3)6-10(16)17/h4H,5-6H2,1-3H3,(H,12,15)(H,13,14)(H,16,17). The van der Waals surface area contributed by atoms with Gasteiger partial charge in [0.05, 0.1) is 18.5 Å². The van der Waals surface area contributed by atoms with Crippen molar-refractivity contribution in [3.05, 3.63) is 17.5 Å². The highest BCUT2D eigenvalue weighted by atomic mass is 16.4. The molecule has 6 nitrogen and oxygen atoms in total. The topological polar surface area (TPSA) is 95.1 Å². The number of carboxylic acids is 1. The third-order valence-electron chi connectivity index (χ3n) is 2.17. The molecule has 0 fully saturated rings. The number of aliphatic carboxylic acids is 1. The van der Waals surface area contributed by atoms with Crippen molar-refractivity contribution in [2.45, 2.75) is 39.2 Å². The largest absolute Gasteiger partial charge is 0.481 e. The van der Waals surface area contributed by atoms with Gasteiger partial charge in [-0.3, -0.25) is 14.7 Å². The SMILES string of the molecule is Cc1cc(CC(=O)NC(C)(C)CC(=O)O)n[nH]1. The van der Waals surface area contributed by atoms with E-state index in [2.05, 4.69) is 15.5 Å². The average molecular weight is 239 g/mol. The van der Waals surface area contributed by atoms with Crippen molar-refractivity contribution in [2.75, 3.05) is 0 Å². The lowest BCUT2D eigenvalue weighted by Gasteiger charge is -2.23. The van der Waals surface area contributed by atoms with E-state index < -0.39 is 11.5 Å². The minimum atomic E-state index is -0.939. The number of carboxylic acid groups (broad SMARTS) is 1. The van der Waals surface area contributed by atoms with Crippen LogP contribution in [0.1, 0.15) is 31.7 Å². The molecule has 0 radical (unpaired) electrons. The summed E-state index contributed by atoms with van der Waals surface area (Å²) < 4.78 is 0. The summed E-state index contributed by atoms with van der Waals surface area (Å²) in [6.45, 7) is 5.20. The second kappa shape index (κ2) is 4.99. The van der Waals surface area contributed by atoms with Crippen LogP contribution in [0.5, 0.6) is 0 Å². The van der Waals surface area contributed by atoms with Gasteiger partial charge in [-0.1, -0.05) is 0 Å². The number of nitrogens with one attached hydrogen (secondary N) is 2. The molecule has 0 bridgehead atoms. The average Bonchev–Trinajstić information content (AvgIpc) is 2.46. The summed E-state index contributed by atoms with van der Waals surface area (Å²) in [6, 6.07) is 1.78. The van der Waals surface area contributed by atoms with E-state index in [9.17, 15) is 9.59 Å². The zero-order valence-electron chi connectivity index (χ0n) is 10.2. The maximum absolute atomic E-state index is 11.7. The van der Waals surface area contributed by atoms with Gasteiger partial charge in [0.1, 0.15) is 0 Å². The summed E-state index contributed by atoms with van der Waals surface area (Å²) >= 11 is 0. The smallest absolute Gasteiger partial charge is 0.305 e. The van der Waals surface area contributed by atoms with Crippen LogP contribution in [0.25, 0.3) is 0 Å². The van der Waals surface area contributed by atoms with Crippen LogP contribution in [0.3, 0.4) is 0 Å². The van der Waals surface area contributed by atoms with Crippen molar-refractivity contribution < 1.29 is 14.7 Å². The first kappa shape index (κ1) is 13.2. The fourth-order valence-corrected chi connectivity index (χ4v) is 1.57. The molecule has 94 valence electrons. The molecule has 0 atom stereocenters. The van der Waals surface area contributed by atoms with Crippen molar-refractivity contribution in [3.63, 3.8) is 0 Å². The molecule has 0 aliphatic heterocycles. The normalized spacial score (nSPS) is 11.2. The van der Waals surface area contributed by atoms with Crippen LogP contribution in [-0.2, 0) is 16.0 Å². The van der Waals surface area contributed by atoms with Crippen LogP contribution in [0, 0.1) is 6.92 Å². The maximum atomic E-state index is 11.7. The molecule has 6 heteroatoms. The van der Waals surface area contributed by atoms with E-state index in [4.69, 9.17) is 5.11 Å². The Labute approximate surface area is 99.4 Å². The van der Waals surface area contributed by atoms with Crippen molar-refractivity contribution in [2.24, 2.45) is 0 Å². The van der Waals surface area contributed by atoms with E-state index in [1.165, 1.54) is 0 Å². The second-order valence-corrected chi connectivity index (χ2v) is 4.72. The Hall–Kier alpha value is -1.85. The number of carbonyl (C=O) groups excluding carboxylic acids is 1. The highest BCUT2D eigenvalue weighted by Crippen LogP contribution is 2.08. The van der Waals surface area contributed by atoms with E-state index in [1.807, 2.05) is 6.92 Å². The number of nitrogens with zero attached hydrogens (tertiary/aromatic N) is 1. The lowest BCUT2D eigenvalue weighted by molar-refractivity contribution is -0.138. The predicted octanol–water partition coefficient (Wildman–Crippen LogP) is 0.630. The Morgan fingerprint density at radius 3 is 2.65 bits per heavy atom. The summed E-state index contributed by atoms with van der Waals surface area (Å²) in [4.78, 5) is 22.3. The van der Waals surface area contributed by atoms with Gasteiger partial charge in [0.25, 0.3) is 0 Å². The van der Waals surface area contributed by atoms with Crippen molar-refractivity contribution in [1.82, 2.24) is 15.5 Å². The van der Waals surface area contributed by atoms with Crippen molar-refractivity contribution >= 4 is 11.9 Å². The Morgan fingerprint density at radius 1 is 1.53 bits per heavy atom. The van der Waals surface area contributed by atoms with Gasteiger partial charge in [0, 0.05) is 11.2 Å². The first-order valence-electron chi connectivity index (χ1n) is 5.32. The number of carbonyl (C=O) groups is 2. The lowest BCUT2D eigenvalue weighted by atomic mass is 10.0. The number of aromatic nitrogens is 2. The number of hydrogen-bond donors (Lipinski definition) is 3. The lowest BCUT2D eigenvalue weighted by Crippen LogP contribution is -2.45. The summed E-state index contributed by atoms with van der Waals surface area (Å²) in [6.07, 6.45) is 0.0335. The molecular weight excluding hydrogens is 222 g/mol. The number of hydrogen-bond acceptors (Lipinski definition) is 3. The Bertz CT molecular complexity index is 423. The van der Waals surface area contributed by atoms with Gasteiger partial charge in [-0.25, -0.2) is 0 Å². The maximum Gasteiger partial charge on any atom is 0.305 e. The van der Waals surface area contributed by atoms with Gasteiger partial charge in [-0.05, 0) is 26.8 Å². The third kappa shape index (κ3) is 4.67. The van der Waals surface area contributed by atoms with E-state index in [0.29, 0.717) is 5.69 Å². The van der Waals surface area contributed by atoms with Crippen LogP contribution in [0.4, 0.5) is 0 Å². The van der Waals surface area contributed by atoms with Gasteiger partial charge in [-0.2, -0.15) is 5.10 Å². The molecule has 0 saturated heterocycles. The van der Waals surface area contributed by atoms with Crippen LogP contribution < -0.4 is 5.32 Å². The van der Waals surface area contributed by atoms with Gasteiger partial charge < -0.3 is 10.4 Å². The van der Waals surface area contributed by atoms with Gasteiger partial charge in [-0.15, -0.1) is 0 Å². The molecule has 1 aromatic rings. The molecule has 0 unspecified atom stereocenters. The van der Waals surface area contributed by atoms with Gasteiger partial charge in [0.2, 0.25) is 5.91 Å². The summed E-state index contributed by atoms with van der Waals surface area (Å²) in [5.74, 6) is -1.17. The first-order valence-corrected chi connectivity index (χ1v) is 5.32. The molecule has 0 saturated carbocycles. The molecule has 0 aromatic carbocycles. The van der Waals surface area contributed by atoms with Crippen LogP contribution in [-0.4, -0.2) is 32.7 Å². The van der Waals surface area contributed by atoms with Gasteiger partial charge >= 0.3 is 5.97 Å².